The van der Waals surface area contributed by atoms with Crippen LogP contribution >= 0.6 is 0 Å². The van der Waals surface area contributed by atoms with Gasteiger partial charge in [0.25, 0.3) is 0 Å². The maximum atomic E-state index is 14.0. The fraction of sp³-hybridized carbons (Fsp3) is 0.250. The van der Waals surface area contributed by atoms with Crippen LogP contribution in [-0.2, 0) is 16.3 Å². The van der Waals surface area contributed by atoms with Gasteiger partial charge in [0.2, 0.25) is 15.7 Å². The standard InChI is InChI=1S/C16H11F7O2S/c17-11-10(12(18)14(20)15(21)13(11)19)7-4-8-16(22,23)26(24,25)9-5-2-1-3-6-9/h1-3,5-6H,4,7-8H2. The van der Waals surface area contributed by atoms with Crippen LogP contribution in [0.3, 0.4) is 0 Å². The quantitative estimate of drug-likeness (QED) is 0.398. The van der Waals surface area contributed by atoms with Gasteiger partial charge >= 0.3 is 5.25 Å². The van der Waals surface area contributed by atoms with E-state index in [4.69, 9.17) is 0 Å². The monoisotopic (exact) mass is 400 g/mol. The zero-order valence-electron chi connectivity index (χ0n) is 12.9. The van der Waals surface area contributed by atoms with Crippen LogP contribution in [0, 0.1) is 29.1 Å². The molecule has 2 aromatic rings. The van der Waals surface area contributed by atoms with E-state index in [0.29, 0.717) is 0 Å². The van der Waals surface area contributed by atoms with E-state index in [9.17, 15) is 39.2 Å². The van der Waals surface area contributed by atoms with Crippen LogP contribution in [0.2, 0.25) is 0 Å². The molecule has 0 bridgehead atoms. The molecule has 2 rings (SSSR count). The lowest BCUT2D eigenvalue weighted by molar-refractivity contribution is 0.0796. The summed E-state index contributed by atoms with van der Waals surface area (Å²) in [5.74, 6) is -11.0. The van der Waals surface area contributed by atoms with E-state index in [1.54, 1.807) is 0 Å². The summed E-state index contributed by atoms with van der Waals surface area (Å²) in [7, 11) is -5.07. The second-order valence-corrected chi connectivity index (χ2v) is 7.43. The molecule has 10 heteroatoms. The first-order valence-corrected chi connectivity index (χ1v) is 8.67. The molecule has 142 valence electrons. The van der Waals surface area contributed by atoms with Crippen molar-refractivity contribution in [1.29, 1.82) is 0 Å². The molecule has 26 heavy (non-hydrogen) atoms. The lowest BCUT2D eigenvalue weighted by Gasteiger charge is -2.17. The van der Waals surface area contributed by atoms with Crippen molar-refractivity contribution >= 4 is 9.84 Å². The van der Waals surface area contributed by atoms with Gasteiger partial charge in [-0.05, 0) is 25.0 Å². The smallest absolute Gasteiger partial charge is 0.217 e. The van der Waals surface area contributed by atoms with Crippen molar-refractivity contribution in [3.8, 4) is 0 Å². The SMILES string of the molecule is O=S(=O)(c1ccccc1)C(F)(F)CCCc1c(F)c(F)c(F)c(F)c1F. The normalized spacial score (nSPS) is 12.4. The molecule has 2 aromatic carbocycles. The number of benzene rings is 2. The molecule has 0 amide bonds. The van der Waals surface area contributed by atoms with Gasteiger partial charge in [-0.1, -0.05) is 18.2 Å². The van der Waals surface area contributed by atoms with Crippen LogP contribution in [0.25, 0.3) is 0 Å². The van der Waals surface area contributed by atoms with Gasteiger partial charge < -0.3 is 0 Å². The summed E-state index contributed by atoms with van der Waals surface area (Å²) < 4.78 is 118. The molecule has 0 radical (unpaired) electrons. The highest BCUT2D eigenvalue weighted by Gasteiger charge is 2.45. The maximum Gasteiger partial charge on any atom is 0.350 e. The minimum Gasteiger partial charge on any atom is -0.217 e. The summed E-state index contributed by atoms with van der Waals surface area (Å²) in [5, 5.41) is -4.28. The predicted octanol–water partition coefficient (Wildman–Crippen LogP) is 4.77. The van der Waals surface area contributed by atoms with Crippen molar-refractivity contribution in [3.05, 3.63) is 65.0 Å². The highest BCUT2D eigenvalue weighted by molar-refractivity contribution is 7.92. The number of alkyl halides is 2. The van der Waals surface area contributed by atoms with E-state index >= 15 is 0 Å². The van der Waals surface area contributed by atoms with Crippen molar-refractivity contribution in [1.82, 2.24) is 0 Å². The lowest BCUT2D eigenvalue weighted by atomic mass is 10.1. The molecule has 2 nitrogen and oxygen atoms in total. The Balaban J connectivity index is 2.20. The average Bonchev–Trinajstić information content (AvgIpc) is 2.61. The Morgan fingerprint density at radius 1 is 0.769 bits per heavy atom. The van der Waals surface area contributed by atoms with Gasteiger partial charge in [0.1, 0.15) is 0 Å². The summed E-state index contributed by atoms with van der Waals surface area (Å²) in [4.78, 5) is -0.652. The van der Waals surface area contributed by atoms with E-state index in [1.165, 1.54) is 18.2 Å². The Morgan fingerprint density at radius 3 is 1.73 bits per heavy atom. The van der Waals surface area contributed by atoms with Gasteiger partial charge in [0, 0.05) is 12.0 Å². The molecule has 0 aliphatic heterocycles. The lowest BCUT2D eigenvalue weighted by Crippen LogP contribution is -2.29. The molecule has 0 atom stereocenters. The molecule has 0 heterocycles. The third kappa shape index (κ3) is 3.55. The molecule has 0 saturated heterocycles. The van der Waals surface area contributed by atoms with Crippen molar-refractivity contribution in [2.24, 2.45) is 0 Å². The van der Waals surface area contributed by atoms with Gasteiger partial charge in [-0.25, -0.2) is 30.4 Å². The Hall–Kier alpha value is -2.10. The first-order valence-electron chi connectivity index (χ1n) is 7.18. The van der Waals surface area contributed by atoms with E-state index < -0.39 is 73.9 Å². The van der Waals surface area contributed by atoms with Crippen LogP contribution in [0.5, 0.6) is 0 Å². The fourth-order valence-corrected chi connectivity index (χ4v) is 3.52. The molecular weight excluding hydrogens is 389 g/mol. The van der Waals surface area contributed by atoms with Crippen molar-refractivity contribution < 1.29 is 39.2 Å². The summed E-state index contributed by atoms with van der Waals surface area (Å²) in [5.41, 5.74) is -1.27. The zero-order valence-corrected chi connectivity index (χ0v) is 13.7. The molecule has 0 unspecified atom stereocenters. The molecule has 0 aliphatic carbocycles. The first-order chi connectivity index (χ1) is 12.0. The van der Waals surface area contributed by atoms with Crippen LogP contribution in [0.4, 0.5) is 30.7 Å². The van der Waals surface area contributed by atoms with Crippen LogP contribution < -0.4 is 0 Å². The third-order valence-corrected chi connectivity index (χ3v) is 5.53. The average molecular weight is 400 g/mol. The second kappa shape index (κ2) is 7.26. The number of rotatable bonds is 6. The molecule has 0 fully saturated rings. The van der Waals surface area contributed by atoms with Crippen LogP contribution in [0.15, 0.2) is 35.2 Å². The fourth-order valence-electron chi connectivity index (χ4n) is 2.25. The number of sulfone groups is 1. The highest BCUT2D eigenvalue weighted by Crippen LogP contribution is 2.34. The molecule has 0 aliphatic rings. The molecule has 0 spiro atoms. The largest absolute Gasteiger partial charge is 0.350 e. The Morgan fingerprint density at radius 2 is 1.23 bits per heavy atom. The Labute approximate surface area is 144 Å². The maximum absolute atomic E-state index is 14.0. The first kappa shape index (κ1) is 20.2. The predicted molar refractivity (Wildman–Crippen MR) is 77.7 cm³/mol. The van der Waals surface area contributed by atoms with Crippen LogP contribution in [-0.4, -0.2) is 13.7 Å². The Kier molecular flexibility index (Phi) is 5.64. The summed E-state index contributed by atoms with van der Waals surface area (Å²) in [6.07, 6.45) is -3.13. The second-order valence-electron chi connectivity index (χ2n) is 5.36. The van der Waals surface area contributed by atoms with Gasteiger partial charge in [-0.2, -0.15) is 8.78 Å². The zero-order chi connectivity index (χ0) is 19.7. The van der Waals surface area contributed by atoms with E-state index in [1.807, 2.05) is 0 Å². The van der Waals surface area contributed by atoms with E-state index in [2.05, 4.69) is 0 Å². The van der Waals surface area contributed by atoms with E-state index in [0.717, 1.165) is 12.1 Å². The van der Waals surface area contributed by atoms with Crippen molar-refractivity contribution in [2.45, 2.75) is 29.4 Å². The molecular formula is C16H11F7O2S. The minimum atomic E-state index is -5.07. The number of halogens is 7. The van der Waals surface area contributed by atoms with Crippen molar-refractivity contribution in [2.75, 3.05) is 0 Å². The van der Waals surface area contributed by atoms with Crippen LogP contribution in [0.1, 0.15) is 18.4 Å². The van der Waals surface area contributed by atoms with Gasteiger partial charge in [-0.3, -0.25) is 0 Å². The Bertz CT molecular complexity index is 883. The topological polar surface area (TPSA) is 34.1 Å². The number of hydrogen-bond donors (Lipinski definition) is 0. The third-order valence-electron chi connectivity index (χ3n) is 3.64. The molecule has 0 N–H and O–H groups in total. The van der Waals surface area contributed by atoms with E-state index in [-0.39, 0.29) is 0 Å². The molecule has 0 aromatic heterocycles. The molecule has 0 saturated carbocycles. The summed E-state index contributed by atoms with van der Waals surface area (Å²) in [6, 6.07) is 5.79. The van der Waals surface area contributed by atoms with Gasteiger partial charge in [0.05, 0.1) is 4.90 Å². The van der Waals surface area contributed by atoms with Gasteiger partial charge in [0.15, 0.2) is 23.3 Å². The van der Waals surface area contributed by atoms with Gasteiger partial charge in [-0.15, -0.1) is 0 Å². The summed E-state index contributed by atoms with van der Waals surface area (Å²) in [6.45, 7) is 0. The summed E-state index contributed by atoms with van der Waals surface area (Å²) >= 11 is 0. The van der Waals surface area contributed by atoms with Crippen molar-refractivity contribution in [3.63, 3.8) is 0 Å². The number of hydrogen-bond acceptors (Lipinski definition) is 2. The minimum absolute atomic E-state index is 0.652. The highest BCUT2D eigenvalue weighted by atomic mass is 32.2.